The van der Waals surface area contributed by atoms with E-state index in [9.17, 15) is 75.0 Å². The van der Waals surface area contributed by atoms with Crippen LogP contribution >= 0.6 is 0 Å². The number of halogens is 16. The van der Waals surface area contributed by atoms with E-state index in [0.29, 0.717) is 32.1 Å². The fourth-order valence-corrected chi connectivity index (χ4v) is 4.26. The van der Waals surface area contributed by atoms with Gasteiger partial charge < -0.3 is 4.74 Å². The van der Waals surface area contributed by atoms with E-state index in [-0.39, 0.29) is 12.8 Å². The highest BCUT2D eigenvalue weighted by atomic mass is 19.4. The summed E-state index contributed by atoms with van der Waals surface area (Å²) in [7, 11) is 0. The molecule has 0 aliphatic rings. The van der Waals surface area contributed by atoms with Crippen molar-refractivity contribution in [3.05, 3.63) is 0 Å². The van der Waals surface area contributed by atoms with Crippen LogP contribution in [-0.4, -0.2) is 60.5 Å². The quantitative estimate of drug-likeness (QED) is 0.0570. The molecule has 0 aromatic rings. The Morgan fingerprint density at radius 2 is 0.844 bits per heavy atom. The normalized spacial score (nSPS) is 15.1. The van der Waals surface area contributed by atoms with Gasteiger partial charge in [0.15, 0.2) is 6.61 Å². The SMILES string of the molecule is CCCCCCCCCC(CCCCCCC)C(=O)OCC(F)(F)C(F)(F)C(F)(F)C(F)(F)C(F)(F)C(F)(F)C(F)(F)C(F)F. The fraction of sp³-hybridized carbons (Fsp3) is 0.963. The van der Waals surface area contributed by atoms with Gasteiger partial charge in [0.1, 0.15) is 0 Å². The number of rotatable bonds is 24. The van der Waals surface area contributed by atoms with E-state index in [1.54, 1.807) is 0 Å². The molecule has 0 heterocycles. The van der Waals surface area contributed by atoms with Gasteiger partial charge in [-0.15, -0.1) is 0 Å². The van der Waals surface area contributed by atoms with E-state index in [2.05, 4.69) is 4.74 Å². The van der Waals surface area contributed by atoms with E-state index < -0.39 is 66.4 Å². The Balaban J connectivity index is 5.90. The lowest BCUT2D eigenvalue weighted by Crippen LogP contribution is -2.74. The molecule has 0 aliphatic carbocycles. The molecule has 45 heavy (non-hydrogen) atoms. The first-order valence-corrected chi connectivity index (χ1v) is 14.4. The highest BCUT2D eigenvalue weighted by Crippen LogP contribution is 2.62. The number of alkyl halides is 16. The van der Waals surface area contributed by atoms with E-state index >= 15 is 0 Å². The standard InChI is InChI=1S/C27H38F16O2/c1-3-5-7-9-10-12-14-16-18(15-13-11-8-6-4-2)19(44)45-17-21(30,31)23(34,35)25(38,39)27(42,43)26(40,41)24(36,37)22(32,33)20(28)29/h18,20H,3-17H2,1-2H3. The van der Waals surface area contributed by atoms with Gasteiger partial charge in [-0.3, -0.25) is 4.79 Å². The van der Waals surface area contributed by atoms with E-state index in [1.807, 2.05) is 13.8 Å². The number of carbonyl (C=O) groups is 1. The predicted octanol–water partition coefficient (Wildman–Crippen LogP) is 11.4. The summed E-state index contributed by atoms with van der Waals surface area (Å²) >= 11 is 0. The largest absolute Gasteiger partial charge is 0.459 e. The summed E-state index contributed by atoms with van der Waals surface area (Å²) < 4.78 is 220. The summed E-state index contributed by atoms with van der Waals surface area (Å²) in [5.74, 6) is -58.1. The van der Waals surface area contributed by atoms with Gasteiger partial charge in [0.05, 0.1) is 5.92 Å². The zero-order valence-corrected chi connectivity index (χ0v) is 24.6. The Bertz CT molecular complexity index is 877. The third kappa shape index (κ3) is 9.69. The second kappa shape index (κ2) is 17.0. The molecule has 2 nitrogen and oxygen atoms in total. The summed E-state index contributed by atoms with van der Waals surface area (Å²) in [5, 5.41) is 0. The van der Waals surface area contributed by atoms with Gasteiger partial charge in [0, 0.05) is 0 Å². The molecule has 0 amide bonds. The molecule has 18 heteroatoms. The minimum Gasteiger partial charge on any atom is -0.459 e. The van der Waals surface area contributed by atoms with Crippen molar-refractivity contribution in [3.63, 3.8) is 0 Å². The van der Waals surface area contributed by atoms with Crippen LogP contribution in [0.1, 0.15) is 104 Å². The van der Waals surface area contributed by atoms with Crippen molar-refractivity contribution < 1.29 is 79.8 Å². The molecule has 0 saturated carbocycles. The van der Waals surface area contributed by atoms with Crippen LogP contribution in [0.5, 0.6) is 0 Å². The van der Waals surface area contributed by atoms with Crippen molar-refractivity contribution >= 4 is 5.97 Å². The lowest BCUT2D eigenvalue weighted by molar-refractivity contribution is -0.447. The molecule has 0 aliphatic heterocycles. The maximum atomic E-state index is 14.2. The van der Waals surface area contributed by atoms with Gasteiger partial charge in [-0.25, -0.2) is 8.78 Å². The number of carbonyl (C=O) groups excluding carboxylic acids is 1. The third-order valence-corrected chi connectivity index (χ3v) is 7.27. The van der Waals surface area contributed by atoms with Crippen molar-refractivity contribution in [3.8, 4) is 0 Å². The van der Waals surface area contributed by atoms with Crippen LogP contribution in [0.15, 0.2) is 0 Å². The van der Waals surface area contributed by atoms with Crippen LogP contribution in [0.3, 0.4) is 0 Å². The van der Waals surface area contributed by atoms with Crippen LogP contribution in [0.25, 0.3) is 0 Å². The topological polar surface area (TPSA) is 26.3 Å². The van der Waals surface area contributed by atoms with Crippen molar-refractivity contribution in [1.82, 2.24) is 0 Å². The zero-order chi connectivity index (χ0) is 35.5. The molecule has 1 atom stereocenters. The predicted molar refractivity (Wildman–Crippen MR) is 131 cm³/mol. The number of ether oxygens (including phenoxy) is 1. The molecule has 0 aromatic carbocycles. The molecule has 0 N–H and O–H groups in total. The average Bonchev–Trinajstić information content (AvgIpc) is 2.93. The molecule has 270 valence electrons. The first-order valence-electron chi connectivity index (χ1n) is 14.4. The number of unbranched alkanes of at least 4 members (excludes halogenated alkanes) is 10. The molecule has 0 rings (SSSR count). The van der Waals surface area contributed by atoms with Crippen molar-refractivity contribution in [2.45, 2.75) is 152 Å². The smallest absolute Gasteiger partial charge is 0.385 e. The first-order chi connectivity index (χ1) is 20.3. The van der Waals surface area contributed by atoms with Crippen molar-refractivity contribution in [2.24, 2.45) is 5.92 Å². The lowest BCUT2D eigenvalue weighted by Gasteiger charge is -2.42. The van der Waals surface area contributed by atoms with Gasteiger partial charge in [-0.2, -0.15) is 61.5 Å². The second-order valence-electron chi connectivity index (χ2n) is 10.9. The summed E-state index contributed by atoms with van der Waals surface area (Å²) in [6, 6.07) is 0. The molecule has 0 bridgehead atoms. The fourth-order valence-electron chi connectivity index (χ4n) is 4.26. The zero-order valence-electron chi connectivity index (χ0n) is 24.6. The van der Waals surface area contributed by atoms with Gasteiger partial charge in [-0.05, 0) is 12.8 Å². The number of esters is 1. The summed E-state index contributed by atoms with van der Waals surface area (Å²) in [6.07, 6.45) is 2.53. The van der Waals surface area contributed by atoms with Crippen molar-refractivity contribution in [1.29, 1.82) is 0 Å². The number of hydrogen-bond donors (Lipinski definition) is 0. The molecule has 0 radical (unpaired) electrons. The monoisotopic (exact) mass is 698 g/mol. The van der Waals surface area contributed by atoms with Crippen LogP contribution in [0.2, 0.25) is 0 Å². The second-order valence-corrected chi connectivity index (χ2v) is 10.9. The lowest BCUT2D eigenvalue weighted by atomic mass is 9.89. The maximum Gasteiger partial charge on any atom is 0.385 e. The molecular formula is C27H38F16O2. The highest BCUT2D eigenvalue weighted by Gasteiger charge is 2.93. The maximum absolute atomic E-state index is 14.2. The van der Waals surface area contributed by atoms with Gasteiger partial charge in [0.2, 0.25) is 0 Å². The molecule has 0 aromatic heterocycles. The van der Waals surface area contributed by atoms with E-state index in [0.717, 1.165) is 44.9 Å². The molecule has 1 unspecified atom stereocenters. The summed E-state index contributed by atoms with van der Waals surface area (Å²) in [5.41, 5.74) is 0. The molecule has 0 fully saturated rings. The average molecular weight is 699 g/mol. The van der Waals surface area contributed by atoms with Crippen LogP contribution in [0.4, 0.5) is 70.2 Å². The Morgan fingerprint density at radius 3 is 1.22 bits per heavy atom. The molecule has 0 saturated heterocycles. The van der Waals surface area contributed by atoms with Crippen LogP contribution < -0.4 is 0 Å². The Morgan fingerprint density at radius 1 is 0.511 bits per heavy atom. The minimum absolute atomic E-state index is 0.0315. The molecule has 0 spiro atoms. The number of hydrogen-bond acceptors (Lipinski definition) is 2. The summed E-state index contributed by atoms with van der Waals surface area (Å²) in [6.45, 7) is 0.749. The van der Waals surface area contributed by atoms with Gasteiger partial charge >= 0.3 is 53.9 Å². The Hall–Kier alpha value is -1.65. The molecular weight excluding hydrogens is 660 g/mol. The minimum atomic E-state index is -8.48. The van der Waals surface area contributed by atoms with Crippen LogP contribution in [0, 0.1) is 5.92 Å². The van der Waals surface area contributed by atoms with E-state index in [1.165, 1.54) is 0 Å². The van der Waals surface area contributed by atoms with Crippen LogP contribution in [-0.2, 0) is 9.53 Å². The Labute approximate surface area is 250 Å². The third-order valence-electron chi connectivity index (χ3n) is 7.27. The highest BCUT2D eigenvalue weighted by molar-refractivity contribution is 5.72. The first kappa shape index (κ1) is 43.4. The van der Waals surface area contributed by atoms with Crippen molar-refractivity contribution in [2.75, 3.05) is 6.61 Å². The Kier molecular flexibility index (Phi) is 16.3. The summed E-state index contributed by atoms with van der Waals surface area (Å²) in [4.78, 5) is 12.4. The van der Waals surface area contributed by atoms with Gasteiger partial charge in [-0.1, -0.05) is 90.9 Å². The van der Waals surface area contributed by atoms with E-state index in [4.69, 9.17) is 0 Å². The van der Waals surface area contributed by atoms with Gasteiger partial charge in [0.25, 0.3) is 0 Å².